The van der Waals surface area contributed by atoms with Crippen LogP contribution in [0.2, 0.25) is 5.02 Å². The maximum Gasteiger partial charge on any atom is 0.321 e. The predicted molar refractivity (Wildman–Crippen MR) is 90.5 cm³/mol. The van der Waals surface area contributed by atoms with E-state index in [4.69, 9.17) is 11.6 Å². The summed E-state index contributed by atoms with van der Waals surface area (Å²) in [6.45, 7) is 3.60. The Morgan fingerprint density at radius 1 is 1.09 bits per heavy atom. The van der Waals surface area contributed by atoms with Crippen LogP contribution in [0.25, 0.3) is 0 Å². The van der Waals surface area contributed by atoms with Gasteiger partial charge in [0.15, 0.2) is 0 Å². The Balaban J connectivity index is 1.49. The second-order valence-electron chi connectivity index (χ2n) is 6.26. The van der Waals surface area contributed by atoms with Crippen molar-refractivity contribution in [3.63, 3.8) is 0 Å². The van der Waals surface area contributed by atoms with E-state index in [1.807, 2.05) is 17.0 Å². The van der Waals surface area contributed by atoms with E-state index < -0.39 is 0 Å². The molecule has 0 bridgehead atoms. The monoisotopic (exact) mass is 321 g/mol. The van der Waals surface area contributed by atoms with Crippen molar-refractivity contribution in [3.8, 4) is 0 Å². The number of hydrogen-bond donors (Lipinski definition) is 1. The number of urea groups is 1. The summed E-state index contributed by atoms with van der Waals surface area (Å²) in [6.07, 6.45) is 6.77. The van der Waals surface area contributed by atoms with E-state index in [0.717, 1.165) is 37.9 Å². The highest BCUT2D eigenvalue weighted by Crippen LogP contribution is 2.23. The molecule has 1 aliphatic heterocycles. The van der Waals surface area contributed by atoms with Gasteiger partial charge in [-0.2, -0.15) is 0 Å². The van der Waals surface area contributed by atoms with Crippen LogP contribution in [0.5, 0.6) is 0 Å². The fourth-order valence-electron chi connectivity index (χ4n) is 3.51. The number of nitrogens with zero attached hydrogens (tertiary/aromatic N) is 2. The first-order valence-electron chi connectivity index (χ1n) is 8.28. The molecule has 5 heteroatoms. The van der Waals surface area contributed by atoms with Crippen LogP contribution in [0.3, 0.4) is 0 Å². The summed E-state index contributed by atoms with van der Waals surface area (Å²) in [5.41, 5.74) is 0.757. The Labute approximate surface area is 137 Å². The number of halogens is 1. The Hall–Kier alpha value is -1.26. The van der Waals surface area contributed by atoms with Crippen LogP contribution in [-0.2, 0) is 0 Å². The molecule has 1 aromatic carbocycles. The smallest absolute Gasteiger partial charge is 0.321 e. The molecule has 22 heavy (non-hydrogen) atoms. The summed E-state index contributed by atoms with van der Waals surface area (Å²) in [5, 5.41) is 3.57. The first kappa shape index (κ1) is 15.6. The van der Waals surface area contributed by atoms with Crippen molar-refractivity contribution < 1.29 is 4.79 Å². The lowest BCUT2D eigenvalue weighted by Crippen LogP contribution is -2.53. The van der Waals surface area contributed by atoms with Gasteiger partial charge in [0.25, 0.3) is 0 Å². The van der Waals surface area contributed by atoms with Gasteiger partial charge in [0.05, 0.1) is 0 Å². The standard InChI is InChI=1S/C17H24ClN3O/c18-14-5-4-6-15(13-14)19-17(22)21-11-9-20(10-12-21)16-7-2-1-3-8-16/h4-6,13,16H,1-3,7-12H2,(H,19,22). The molecule has 3 rings (SSSR count). The summed E-state index contributed by atoms with van der Waals surface area (Å²) in [4.78, 5) is 16.8. The zero-order valence-electron chi connectivity index (χ0n) is 12.9. The average Bonchev–Trinajstić information content (AvgIpc) is 2.56. The molecular formula is C17H24ClN3O. The van der Waals surface area contributed by atoms with Gasteiger partial charge in [0.1, 0.15) is 0 Å². The lowest BCUT2D eigenvalue weighted by Gasteiger charge is -2.40. The van der Waals surface area contributed by atoms with Crippen LogP contribution < -0.4 is 5.32 Å². The molecule has 2 aliphatic rings. The fraction of sp³-hybridized carbons (Fsp3) is 0.588. The third-order valence-electron chi connectivity index (χ3n) is 4.77. The molecule has 0 radical (unpaired) electrons. The SMILES string of the molecule is O=C(Nc1cccc(Cl)c1)N1CCN(C2CCCCC2)CC1. The van der Waals surface area contributed by atoms with Crippen LogP contribution in [-0.4, -0.2) is 48.1 Å². The van der Waals surface area contributed by atoms with Crippen molar-refractivity contribution in [1.82, 2.24) is 9.80 Å². The summed E-state index contributed by atoms with van der Waals surface area (Å²) >= 11 is 5.95. The molecule has 0 unspecified atom stereocenters. The lowest BCUT2D eigenvalue weighted by molar-refractivity contribution is 0.0943. The van der Waals surface area contributed by atoms with Crippen molar-refractivity contribution >= 4 is 23.3 Å². The van der Waals surface area contributed by atoms with Crippen molar-refractivity contribution in [2.45, 2.75) is 38.1 Å². The number of anilines is 1. The minimum Gasteiger partial charge on any atom is -0.322 e. The number of nitrogens with one attached hydrogen (secondary N) is 1. The van der Waals surface area contributed by atoms with Gasteiger partial charge in [-0.05, 0) is 31.0 Å². The number of amides is 2. The van der Waals surface area contributed by atoms with Gasteiger partial charge >= 0.3 is 6.03 Å². The third-order valence-corrected chi connectivity index (χ3v) is 5.00. The molecule has 4 nitrogen and oxygen atoms in total. The summed E-state index contributed by atoms with van der Waals surface area (Å²) < 4.78 is 0. The first-order chi connectivity index (χ1) is 10.7. The lowest BCUT2D eigenvalue weighted by atomic mass is 9.94. The van der Waals surface area contributed by atoms with Gasteiger partial charge in [-0.1, -0.05) is 36.9 Å². The van der Waals surface area contributed by atoms with E-state index in [2.05, 4.69) is 10.2 Å². The molecule has 120 valence electrons. The molecule has 1 aliphatic carbocycles. The first-order valence-corrected chi connectivity index (χ1v) is 8.66. The van der Waals surface area contributed by atoms with Gasteiger partial charge < -0.3 is 10.2 Å². The number of carbonyl (C=O) groups excluding carboxylic acids is 1. The van der Waals surface area contributed by atoms with Crippen LogP contribution in [0.15, 0.2) is 24.3 Å². The number of benzene rings is 1. The van der Waals surface area contributed by atoms with Crippen molar-refractivity contribution in [2.75, 3.05) is 31.5 Å². The molecule has 1 aromatic rings. The molecule has 0 atom stereocenters. The van der Waals surface area contributed by atoms with E-state index in [-0.39, 0.29) is 6.03 Å². The number of rotatable bonds is 2. The van der Waals surface area contributed by atoms with Crippen LogP contribution in [0.4, 0.5) is 10.5 Å². The van der Waals surface area contributed by atoms with E-state index in [9.17, 15) is 4.79 Å². The fourth-order valence-corrected chi connectivity index (χ4v) is 3.70. The molecule has 0 aromatic heterocycles. The summed E-state index contributed by atoms with van der Waals surface area (Å²) in [6, 6.07) is 8.01. The molecule has 2 amide bonds. The van der Waals surface area contributed by atoms with Gasteiger partial charge in [-0.15, -0.1) is 0 Å². The van der Waals surface area contributed by atoms with Gasteiger partial charge in [0, 0.05) is 42.9 Å². The Kier molecular flexibility index (Phi) is 5.21. The van der Waals surface area contributed by atoms with Crippen LogP contribution in [0, 0.1) is 0 Å². The molecular weight excluding hydrogens is 298 g/mol. The van der Waals surface area contributed by atoms with Crippen molar-refractivity contribution in [3.05, 3.63) is 29.3 Å². The van der Waals surface area contributed by atoms with Gasteiger partial charge in [0.2, 0.25) is 0 Å². The van der Waals surface area contributed by atoms with E-state index >= 15 is 0 Å². The van der Waals surface area contributed by atoms with Crippen LogP contribution >= 0.6 is 11.6 Å². The highest BCUT2D eigenvalue weighted by atomic mass is 35.5. The molecule has 2 fully saturated rings. The van der Waals surface area contributed by atoms with Gasteiger partial charge in [-0.3, -0.25) is 4.90 Å². The highest BCUT2D eigenvalue weighted by molar-refractivity contribution is 6.30. The number of piperazine rings is 1. The summed E-state index contributed by atoms with van der Waals surface area (Å²) in [5.74, 6) is 0. The molecule has 1 saturated carbocycles. The zero-order valence-corrected chi connectivity index (χ0v) is 13.7. The second-order valence-corrected chi connectivity index (χ2v) is 6.69. The maximum atomic E-state index is 12.3. The number of hydrogen-bond acceptors (Lipinski definition) is 2. The van der Waals surface area contributed by atoms with E-state index in [1.54, 1.807) is 12.1 Å². The highest BCUT2D eigenvalue weighted by Gasteiger charge is 2.26. The second kappa shape index (κ2) is 7.34. The maximum absolute atomic E-state index is 12.3. The van der Waals surface area contributed by atoms with E-state index in [1.165, 1.54) is 32.1 Å². The predicted octanol–water partition coefficient (Wildman–Crippen LogP) is 3.82. The van der Waals surface area contributed by atoms with E-state index in [0.29, 0.717) is 5.02 Å². The van der Waals surface area contributed by atoms with Crippen LogP contribution in [0.1, 0.15) is 32.1 Å². The quantitative estimate of drug-likeness (QED) is 0.898. The molecule has 1 heterocycles. The normalized spacial score (nSPS) is 20.9. The minimum atomic E-state index is -0.0226. The largest absolute Gasteiger partial charge is 0.322 e. The van der Waals surface area contributed by atoms with Crippen molar-refractivity contribution in [1.29, 1.82) is 0 Å². The van der Waals surface area contributed by atoms with Gasteiger partial charge in [-0.25, -0.2) is 4.79 Å². The minimum absolute atomic E-state index is 0.0226. The zero-order chi connectivity index (χ0) is 15.4. The third kappa shape index (κ3) is 3.93. The number of carbonyl (C=O) groups is 1. The molecule has 1 N–H and O–H groups in total. The van der Waals surface area contributed by atoms with Crippen molar-refractivity contribution in [2.24, 2.45) is 0 Å². The molecule has 0 spiro atoms. The molecule has 1 saturated heterocycles. The average molecular weight is 322 g/mol. The summed E-state index contributed by atoms with van der Waals surface area (Å²) in [7, 11) is 0. The Bertz CT molecular complexity index is 508. The Morgan fingerprint density at radius 3 is 2.50 bits per heavy atom. The Morgan fingerprint density at radius 2 is 1.82 bits per heavy atom. The topological polar surface area (TPSA) is 35.6 Å².